The minimum Gasteiger partial charge on any atom is -0.353 e. The second kappa shape index (κ2) is 9.35. The zero-order valence-electron chi connectivity index (χ0n) is 20.1. The highest BCUT2D eigenvalue weighted by molar-refractivity contribution is 5.99. The van der Waals surface area contributed by atoms with Gasteiger partial charge in [-0.1, -0.05) is 18.2 Å². The van der Waals surface area contributed by atoms with Crippen LogP contribution in [-0.4, -0.2) is 56.7 Å². The van der Waals surface area contributed by atoms with E-state index >= 15 is 0 Å². The number of aromatic nitrogens is 4. The van der Waals surface area contributed by atoms with E-state index < -0.39 is 0 Å². The summed E-state index contributed by atoms with van der Waals surface area (Å²) in [5, 5.41) is 15.4. The summed E-state index contributed by atoms with van der Waals surface area (Å²) in [5.74, 6) is -0.0879. The van der Waals surface area contributed by atoms with Gasteiger partial charge in [0.15, 0.2) is 0 Å². The number of amides is 1. The molecule has 2 aromatic carbocycles. The number of hydrogen-bond acceptors (Lipinski definition) is 6. The lowest BCUT2D eigenvalue weighted by Gasteiger charge is -2.27. The van der Waals surface area contributed by atoms with E-state index in [0.29, 0.717) is 18.9 Å². The number of rotatable bonds is 6. The predicted molar refractivity (Wildman–Crippen MR) is 138 cm³/mol. The molecule has 1 amide bonds. The van der Waals surface area contributed by atoms with Crippen LogP contribution in [0.3, 0.4) is 0 Å². The molecule has 2 N–H and O–H groups in total. The molecular weight excluding hydrogens is 452 g/mol. The lowest BCUT2D eigenvalue weighted by Crippen LogP contribution is -2.41. The molecule has 1 unspecified atom stereocenters. The Hall–Kier alpha value is -4.37. The molecule has 4 aromatic rings. The number of anilines is 1. The fourth-order valence-electron chi connectivity index (χ4n) is 4.94. The first-order valence-corrected chi connectivity index (χ1v) is 12.2. The van der Waals surface area contributed by atoms with Gasteiger partial charge in [-0.05, 0) is 55.0 Å². The summed E-state index contributed by atoms with van der Waals surface area (Å²) in [4.78, 5) is 18.2. The minimum atomic E-state index is -0.208. The largest absolute Gasteiger partial charge is 0.353 e. The van der Waals surface area contributed by atoms with Crippen molar-refractivity contribution in [2.45, 2.75) is 13.0 Å². The number of carbonyl (C=O) groups is 1. The molecule has 36 heavy (non-hydrogen) atoms. The number of fused-ring (bicyclic) bond motifs is 1. The molecule has 6 rings (SSSR count). The molecule has 2 aliphatic heterocycles. The fraction of sp³-hybridized carbons (Fsp3) is 0.222. The van der Waals surface area contributed by atoms with Crippen LogP contribution in [0.15, 0.2) is 96.8 Å². The number of para-hydroxylation sites is 1. The molecule has 2 aliphatic rings. The van der Waals surface area contributed by atoms with E-state index in [1.807, 2.05) is 89.3 Å². The second-order valence-corrected chi connectivity index (χ2v) is 8.98. The third-order valence-electron chi connectivity index (χ3n) is 6.74. The van der Waals surface area contributed by atoms with E-state index in [0.717, 1.165) is 41.4 Å². The maximum absolute atomic E-state index is 13.8. The Bertz CT molecular complexity index is 1380. The molecule has 9 heteroatoms. The molecule has 1 atom stereocenters. The number of piperazine rings is 1. The van der Waals surface area contributed by atoms with Crippen LogP contribution >= 0.6 is 0 Å². The van der Waals surface area contributed by atoms with Crippen molar-refractivity contribution < 1.29 is 4.79 Å². The van der Waals surface area contributed by atoms with E-state index in [1.54, 1.807) is 12.4 Å². The Morgan fingerprint density at radius 1 is 0.944 bits per heavy atom. The molecule has 182 valence electrons. The Morgan fingerprint density at radius 2 is 1.67 bits per heavy atom. The number of nitrogens with zero attached hydrogens (tertiary/aromatic N) is 6. The molecule has 9 nitrogen and oxygen atoms in total. The Morgan fingerprint density at radius 3 is 2.42 bits per heavy atom. The van der Waals surface area contributed by atoms with Crippen molar-refractivity contribution >= 4 is 11.6 Å². The van der Waals surface area contributed by atoms with Crippen LogP contribution in [0.25, 0.3) is 11.4 Å². The standard InChI is InChI=1S/C27H28N8O/c1-20(23-6-2-3-7-24(23)35-16-5-13-30-35)31-27(36)26-25-18-28-14-17-32(25)19-33(26)21-8-10-22(11-9-21)34-15-4-12-29-34/h2-13,15-16,20,28H,14,17-19H2,1H3,(H,31,36). The lowest BCUT2D eigenvalue weighted by atomic mass is 10.1. The summed E-state index contributed by atoms with van der Waals surface area (Å²) >= 11 is 0. The zero-order chi connectivity index (χ0) is 24.5. The van der Waals surface area contributed by atoms with Crippen molar-refractivity contribution in [2.24, 2.45) is 0 Å². The van der Waals surface area contributed by atoms with Crippen molar-refractivity contribution in [2.75, 3.05) is 31.2 Å². The molecule has 1 fully saturated rings. The Balaban J connectivity index is 1.29. The van der Waals surface area contributed by atoms with Crippen LogP contribution in [0.4, 0.5) is 5.69 Å². The van der Waals surface area contributed by atoms with Crippen molar-refractivity contribution in [1.82, 2.24) is 35.1 Å². The lowest BCUT2D eigenvalue weighted by molar-refractivity contribution is -0.118. The normalized spacial score (nSPS) is 16.2. The average molecular weight is 481 g/mol. The topological polar surface area (TPSA) is 83.3 Å². The molecule has 2 aromatic heterocycles. The highest BCUT2D eigenvalue weighted by atomic mass is 16.2. The van der Waals surface area contributed by atoms with Crippen molar-refractivity contribution in [3.05, 3.63) is 102 Å². The van der Waals surface area contributed by atoms with Gasteiger partial charge in [-0.2, -0.15) is 10.2 Å². The third kappa shape index (κ3) is 4.03. The quantitative estimate of drug-likeness (QED) is 0.442. The van der Waals surface area contributed by atoms with Gasteiger partial charge < -0.3 is 20.4 Å². The van der Waals surface area contributed by atoms with Gasteiger partial charge in [-0.25, -0.2) is 9.36 Å². The van der Waals surface area contributed by atoms with Crippen LogP contribution in [-0.2, 0) is 4.79 Å². The van der Waals surface area contributed by atoms with E-state index in [1.165, 1.54) is 0 Å². The fourth-order valence-corrected chi connectivity index (χ4v) is 4.94. The summed E-state index contributed by atoms with van der Waals surface area (Å²) in [7, 11) is 0. The molecule has 4 heterocycles. The van der Waals surface area contributed by atoms with Crippen molar-refractivity contribution in [3.63, 3.8) is 0 Å². The Labute approximate surface area is 209 Å². The van der Waals surface area contributed by atoms with Crippen molar-refractivity contribution in [3.8, 4) is 11.4 Å². The maximum atomic E-state index is 13.8. The zero-order valence-corrected chi connectivity index (χ0v) is 20.1. The predicted octanol–water partition coefficient (Wildman–Crippen LogP) is 2.83. The first kappa shape index (κ1) is 22.1. The van der Waals surface area contributed by atoms with Gasteiger partial charge in [0.2, 0.25) is 0 Å². The van der Waals surface area contributed by atoms with Crippen LogP contribution in [0.2, 0.25) is 0 Å². The average Bonchev–Trinajstić information content (AvgIpc) is 3.70. The maximum Gasteiger partial charge on any atom is 0.270 e. The highest BCUT2D eigenvalue weighted by Crippen LogP contribution is 2.32. The number of nitrogens with one attached hydrogen (secondary N) is 2. The first-order valence-electron chi connectivity index (χ1n) is 12.2. The molecule has 0 aliphatic carbocycles. The second-order valence-electron chi connectivity index (χ2n) is 8.98. The van der Waals surface area contributed by atoms with Crippen molar-refractivity contribution in [1.29, 1.82) is 0 Å². The van der Waals surface area contributed by atoms with Gasteiger partial charge in [-0.3, -0.25) is 4.79 Å². The number of hydrogen-bond donors (Lipinski definition) is 2. The molecule has 0 spiro atoms. The molecule has 1 saturated heterocycles. The van der Waals surface area contributed by atoms with E-state index in [4.69, 9.17) is 0 Å². The van der Waals surface area contributed by atoms with Crippen LogP contribution in [0.5, 0.6) is 0 Å². The number of benzene rings is 2. The highest BCUT2D eigenvalue weighted by Gasteiger charge is 2.35. The Kier molecular flexibility index (Phi) is 5.74. The molecular formula is C27H28N8O. The van der Waals surface area contributed by atoms with E-state index in [2.05, 4.69) is 30.6 Å². The third-order valence-corrected chi connectivity index (χ3v) is 6.74. The van der Waals surface area contributed by atoms with Gasteiger partial charge in [0.25, 0.3) is 5.91 Å². The smallest absolute Gasteiger partial charge is 0.270 e. The molecule has 0 saturated carbocycles. The molecule has 0 bridgehead atoms. The van der Waals surface area contributed by atoms with Gasteiger partial charge in [-0.15, -0.1) is 0 Å². The summed E-state index contributed by atoms with van der Waals surface area (Å²) in [6.07, 6.45) is 7.35. The van der Waals surface area contributed by atoms with Gasteiger partial charge in [0.05, 0.1) is 29.8 Å². The number of carbonyl (C=O) groups excluding carboxylic acids is 1. The minimum absolute atomic E-state index is 0.0879. The van der Waals surface area contributed by atoms with Gasteiger partial charge in [0, 0.05) is 50.1 Å². The molecule has 0 radical (unpaired) electrons. The van der Waals surface area contributed by atoms with Gasteiger partial charge in [0.1, 0.15) is 5.70 Å². The SMILES string of the molecule is CC(NC(=O)C1=C2CNCCN2CN1c1ccc(-n2cccn2)cc1)c1ccccc1-n1cccn1. The summed E-state index contributed by atoms with van der Waals surface area (Å²) in [6.45, 7) is 5.10. The van der Waals surface area contributed by atoms with E-state index in [9.17, 15) is 4.79 Å². The monoisotopic (exact) mass is 480 g/mol. The first-order chi connectivity index (χ1) is 17.7. The van der Waals surface area contributed by atoms with Gasteiger partial charge >= 0.3 is 0 Å². The van der Waals surface area contributed by atoms with Crippen LogP contribution < -0.4 is 15.5 Å². The summed E-state index contributed by atoms with van der Waals surface area (Å²) < 4.78 is 3.65. The van der Waals surface area contributed by atoms with E-state index in [-0.39, 0.29) is 11.9 Å². The van der Waals surface area contributed by atoms with Crippen LogP contribution in [0, 0.1) is 0 Å². The summed E-state index contributed by atoms with van der Waals surface area (Å²) in [5.41, 5.74) is 5.63. The summed E-state index contributed by atoms with van der Waals surface area (Å²) in [6, 6.07) is 19.8. The van der Waals surface area contributed by atoms with Crippen LogP contribution in [0.1, 0.15) is 18.5 Å².